The molecule has 0 bridgehead atoms. The summed E-state index contributed by atoms with van der Waals surface area (Å²) in [6.07, 6.45) is 6.83. The molecule has 3 heterocycles. The zero-order valence-electron chi connectivity index (χ0n) is 22.0. The first kappa shape index (κ1) is 25.7. The van der Waals surface area contributed by atoms with E-state index in [9.17, 15) is 14.7 Å². The van der Waals surface area contributed by atoms with Gasteiger partial charge in [-0.1, -0.05) is 67.6 Å². The van der Waals surface area contributed by atoms with Gasteiger partial charge in [0.25, 0.3) is 5.56 Å². The number of aromatic nitrogens is 3. The van der Waals surface area contributed by atoms with Crippen LogP contribution in [-0.2, 0) is 18.4 Å². The Kier molecular flexibility index (Phi) is 7.29. The van der Waals surface area contributed by atoms with Crippen molar-refractivity contribution in [2.75, 3.05) is 13.1 Å². The van der Waals surface area contributed by atoms with E-state index in [2.05, 4.69) is 12.0 Å². The number of rotatable bonds is 7. The first-order chi connectivity index (χ1) is 18.3. The molecule has 196 valence electrons. The molecular weight excluding hydrogens is 476 g/mol. The van der Waals surface area contributed by atoms with Crippen LogP contribution in [-0.4, -0.2) is 49.0 Å². The van der Waals surface area contributed by atoms with Crippen LogP contribution >= 0.6 is 0 Å². The van der Waals surface area contributed by atoms with E-state index in [0.29, 0.717) is 32.4 Å². The molecule has 2 aromatic heterocycles. The van der Waals surface area contributed by atoms with E-state index in [1.165, 1.54) is 0 Å². The quantitative estimate of drug-likeness (QED) is 0.398. The Hall–Kier alpha value is -3.97. The molecule has 0 aliphatic carbocycles. The van der Waals surface area contributed by atoms with Crippen molar-refractivity contribution in [1.82, 2.24) is 19.2 Å². The van der Waals surface area contributed by atoms with Crippen LogP contribution in [0.3, 0.4) is 0 Å². The van der Waals surface area contributed by atoms with Gasteiger partial charge in [-0.25, -0.2) is 0 Å². The standard InChI is InChI=1S/C31H34N4O3/c1-23(24-9-5-3-6-10-24)17-29(36)34-15-13-31(38,14-16-34)22-35-21-28(26-19-32-33(2)20-26)27(18-30(35)37)25-11-7-4-8-12-25/h3-12,18-21,23,38H,13-17,22H2,1-2H3. The smallest absolute Gasteiger partial charge is 0.251 e. The second-order valence-corrected chi connectivity index (χ2v) is 10.5. The van der Waals surface area contributed by atoms with Gasteiger partial charge in [-0.15, -0.1) is 0 Å². The fraction of sp³-hybridized carbons (Fsp3) is 0.323. The maximum atomic E-state index is 13.2. The normalized spacial score (nSPS) is 15.8. The predicted octanol–water partition coefficient (Wildman–Crippen LogP) is 4.46. The fourth-order valence-electron chi connectivity index (χ4n) is 5.28. The third-order valence-electron chi connectivity index (χ3n) is 7.59. The van der Waals surface area contributed by atoms with Crippen LogP contribution in [0.1, 0.15) is 37.7 Å². The van der Waals surface area contributed by atoms with Gasteiger partial charge in [0.15, 0.2) is 0 Å². The van der Waals surface area contributed by atoms with Gasteiger partial charge in [-0.2, -0.15) is 5.10 Å². The minimum absolute atomic E-state index is 0.103. The number of benzene rings is 2. The third kappa shape index (κ3) is 5.63. The first-order valence-corrected chi connectivity index (χ1v) is 13.2. The van der Waals surface area contributed by atoms with Crippen LogP contribution in [0.2, 0.25) is 0 Å². The van der Waals surface area contributed by atoms with Gasteiger partial charge in [0.2, 0.25) is 5.91 Å². The first-order valence-electron chi connectivity index (χ1n) is 13.2. The second-order valence-electron chi connectivity index (χ2n) is 10.5. The third-order valence-corrected chi connectivity index (χ3v) is 7.59. The van der Waals surface area contributed by atoms with Crippen LogP contribution in [0.15, 0.2) is 90.1 Å². The van der Waals surface area contributed by atoms with E-state index in [4.69, 9.17) is 0 Å². The summed E-state index contributed by atoms with van der Waals surface area (Å²) in [5, 5.41) is 15.8. The lowest BCUT2D eigenvalue weighted by atomic mass is 9.90. The summed E-state index contributed by atoms with van der Waals surface area (Å²) in [4.78, 5) is 28.0. The molecule has 4 aromatic rings. The van der Waals surface area contributed by atoms with Crippen LogP contribution in [0, 0.1) is 0 Å². The van der Waals surface area contributed by atoms with Crippen molar-refractivity contribution >= 4 is 5.91 Å². The Morgan fingerprint density at radius 3 is 2.26 bits per heavy atom. The summed E-state index contributed by atoms with van der Waals surface area (Å²) < 4.78 is 3.34. The molecule has 1 aliphatic rings. The number of piperidine rings is 1. The zero-order valence-corrected chi connectivity index (χ0v) is 22.0. The summed E-state index contributed by atoms with van der Waals surface area (Å²) in [7, 11) is 1.86. The van der Waals surface area contributed by atoms with Crippen LogP contribution in [0.4, 0.5) is 0 Å². The van der Waals surface area contributed by atoms with E-state index >= 15 is 0 Å². The SMILES string of the molecule is CC(CC(=O)N1CCC(O)(Cn2cc(-c3cnn(C)c3)c(-c3ccccc3)cc2=O)CC1)c1ccccc1. The molecule has 1 atom stereocenters. The molecule has 5 rings (SSSR count). The molecule has 7 nitrogen and oxygen atoms in total. The molecule has 1 saturated heterocycles. The summed E-state index contributed by atoms with van der Waals surface area (Å²) in [6, 6.07) is 21.5. The Morgan fingerprint density at radius 1 is 0.974 bits per heavy atom. The number of carbonyl (C=O) groups is 1. The Morgan fingerprint density at radius 2 is 1.63 bits per heavy atom. The van der Waals surface area contributed by atoms with E-state index in [1.54, 1.807) is 21.5 Å². The maximum Gasteiger partial charge on any atom is 0.251 e. The van der Waals surface area contributed by atoms with Crippen LogP contribution in [0.25, 0.3) is 22.3 Å². The van der Waals surface area contributed by atoms with E-state index in [0.717, 1.165) is 27.8 Å². The molecule has 0 spiro atoms. The Bertz CT molecular complexity index is 1450. The number of hydrogen-bond donors (Lipinski definition) is 1. The monoisotopic (exact) mass is 510 g/mol. The highest BCUT2D eigenvalue weighted by Gasteiger charge is 2.35. The molecule has 7 heteroatoms. The van der Waals surface area contributed by atoms with Crippen LogP contribution < -0.4 is 5.56 Å². The molecule has 1 unspecified atom stereocenters. The van der Waals surface area contributed by atoms with Crippen molar-refractivity contribution in [2.24, 2.45) is 7.05 Å². The summed E-state index contributed by atoms with van der Waals surface area (Å²) in [5.41, 5.74) is 3.49. The predicted molar refractivity (Wildman–Crippen MR) is 149 cm³/mol. The van der Waals surface area contributed by atoms with Crippen molar-refractivity contribution < 1.29 is 9.90 Å². The molecule has 1 fully saturated rings. The minimum atomic E-state index is -1.06. The lowest BCUT2D eigenvalue weighted by molar-refractivity contribution is -0.136. The molecule has 0 radical (unpaired) electrons. The maximum absolute atomic E-state index is 13.2. The molecule has 1 aliphatic heterocycles. The second kappa shape index (κ2) is 10.8. The molecule has 38 heavy (non-hydrogen) atoms. The fourth-order valence-corrected chi connectivity index (χ4v) is 5.28. The number of aryl methyl sites for hydroxylation is 1. The van der Waals surface area contributed by atoms with Crippen molar-refractivity contribution in [2.45, 2.75) is 44.2 Å². The summed E-state index contributed by atoms with van der Waals surface area (Å²) in [5.74, 6) is 0.240. The van der Waals surface area contributed by atoms with Crippen LogP contribution in [0.5, 0.6) is 0 Å². The highest BCUT2D eigenvalue weighted by Crippen LogP contribution is 2.32. The van der Waals surface area contributed by atoms with Gasteiger partial charge >= 0.3 is 0 Å². The van der Waals surface area contributed by atoms with E-state index in [1.807, 2.05) is 85.0 Å². The van der Waals surface area contributed by atoms with Crippen molar-refractivity contribution in [1.29, 1.82) is 0 Å². The number of carbonyl (C=O) groups excluding carboxylic acids is 1. The highest BCUT2D eigenvalue weighted by atomic mass is 16.3. The van der Waals surface area contributed by atoms with Gasteiger partial charge in [-0.3, -0.25) is 14.3 Å². The van der Waals surface area contributed by atoms with E-state index in [-0.39, 0.29) is 23.9 Å². The van der Waals surface area contributed by atoms with Gasteiger partial charge < -0.3 is 14.6 Å². The molecule has 2 aromatic carbocycles. The Balaban J connectivity index is 1.32. The number of aliphatic hydroxyl groups is 1. The van der Waals surface area contributed by atoms with E-state index < -0.39 is 5.60 Å². The molecule has 1 amide bonds. The highest BCUT2D eigenvalue weighted by molar-refractivity contribution is 5.82. The number of likely N-dealkylation sites (tertiary alicyclic amines) is 1. The van der Waals surface area contributed by atoms with Gasteiger partial charge in [0, 0.05) is 56.1 Å². The average Bonchev–Trinajstić information content (AvgIpc) is 3.37. The number of hydrogen-bond acceptors (Lipinski definition) is 4. The topological polar surface area (TPSA) is 80.4 Å². The van der Waals surface area contributed by atoms with Gasteiger partial charge in [0.1, 0.15) is 0 Å². The minimum Gasteiger partial charge on any atom is -0.388 e. The molecular formula is C31H34N4O3. The zero-order chi connectivity index (χ0) is 26.7. The van der Waals surface area contributed by atoms with Crippen molar-refractivity contribution in [3.63, 3.8) is 0 Å². The number of nitrogens with zero attached hydrogens (tertiary/aromatic N) is 4. The molecule has 1 N–H and O–H groups in total. The number of amides is 1. The van der Waals surface area contributed by atoms with Gasteiger partial charge in [0.05, 0.1) is 18.3 Å². The van der Waals surface area contributed by atoms with Crippen molar-refractivity contribution in [3.05, 3.63) is 101 Å². The summed E-state index contributed by atoms with van der Waals surface area (Å²) in [6.45, 7) is 3.20. The van der Waals surface area contributed by atoms with Gasteiger partial charge in [-0.05, 0) is 35.4 Å². The Labute approximate surface area is 223 Å². The largest absolute Gasteiger partial charge is 0.388 e. The average molecular weight is 511 g/mol. The molecule has 0 saturated carbocycles. The summed E-state index contributed by atoms with van der Waals surface area (Å²) >= 11 is 0. The lowest BCUT2D eigenvalue weighted by Crippen LogP contribution is -2.49. The van der Waals surface area contributed by atoms with Crippen molar-refractivity contribution in [3.8, 4) is 22.3 Å². The number of pyridine rings is 1. The lowest BCUT2D eigenvalue weighted by Gasteiger charge is -2.39.